The van der Waals surface area contributed by atoms with Gasteiger partial charge in [-0.15, -0.1) is 0 Å². The lowest BCUT2D eigenvalue weighted by Crippen LogP contribution is -1.99. The van der Waals surface area contributed by atoms with Crippen LogP contribution in [-0.2, 0) is 9.59 Å². The van der Waals surface area contributed by atoms with Crippen LogP contribution in [0.25, 0.3) is 6.08 Å². The van der Waals surface area contributed by atoms with Gasteiger partial charge in [-0.05, 0) is 25.3 Å². The van der Waals surface area contributed by atoms with E-state index in [1.807, 2.05) is 36.4 Å². The molecular formula is C18H22O5. The monoisotopic (exact) mass is 318 g/mol. The van der Waals surface area contributed by atoms with Gasteiger partial charge in [0.05, 0.1) is 0 Å². The number of carboxylic acid groups (broad SMARTS) is 2. The summed E-state index contributed by atoms with van der Waals surface area (Å²) >= 11 is 0. The molecule has 124 valence electrons. The average Bonchev–Trinajstić information content (AvgIpc) is 2.53. The first-order valence-corrected chi connectivity index (χ1v) is 7.03. The van der Waals surface area contributed by atoms with Crippen molar-refractivity contribution >= 4 is 18.0 Å². The minimum atomic E-state index is -0.983. The lowest BCUT2D eigenvalue weighted by molar-refractivity contribution is -0.133. The maximum atomic E-state index is 10.4. The molecule has 0 aliphatic heterocycles. The summed E-state index contributed by atoms with van der Waals surface area (Å²) in [6.07, 6.45) is 6.03. The van der Waals surface area contributed by atoms with Gasteiger partial charge in [-0.25, -0.2) is 9.59 Å². The summed E-state index contributed by atoms with van der Waals surface area (Å²) < 4.78 is 0. The van der Waals surface area contributed by atoms with Gasteiger partial charge in [0.25, 0.3) is 0 Å². The predicted molar refractivity (Wildman–Crippen MR) is 90.0 cm³/mol. The zero-order chi connectivity index (χ0) is 17.7. The van der Waals surface area contributed by atoms with Gasteiger partial charge < -0.3 is 15.3 Å². The van der Waals surface area contributed by atoms with Crippen LogP contribution in [0.3, 0.4) is 0 Å². The number of rotatable bonds is 7. The molecule has 0 fully saturated rings. The normalized spacial score (nSPS) is 10.8. The summed E-state index contributed by atoms with van der Waals surface area (Å²) in [5.74, 6) is -1.87. The first-order valence-electron chi connectivity index (χ1n) is 7.03. The Morgan fingerprint density at radius 3 is 2.22 bits per heavy atom. The molecule has 0 amide bonds. The van der Waals surface area contributed by atoms with Crippen molar-refractivity contribution in [2.75, 3.05) is 6.61 Å². The fourth-order valence-corrected chi connectivity index (χ4v) is 1.34. The summed E-state index contributed by atoms with van der Waals surface area (Å²) in [6.45, 7) is 4.87. The van der Waals surface area contributed by atoms with Crippen molar-refractivity contribution in [2.45, 2.75) is 19.8 Å². The summed E-state index contributed by atoms with van der Waals surface area (Å²) in [5.41, 5.74) is 1.54. The van der Waals surface area contributed by atoms with E-state index in [1.165, 1.54) is 0 Å². The van der Waals surface area contributed by atoms with Crippen LogP contribution < -0.4 is 0 Å². The number of benzene rings is 1. The van der Waals surface area contributed by atoms with Crippen molar-refractivity contribution < 1.29 is 24.9 Å². The van der Waals surface area contributed by atoms with Gasteiger partial charge in [0.15, 0.2) is 0 Å². The summed E-state index contributed by atoms with van der Waals surface area (Å²) in [6, 6.07) is 9.73. The van der Waals surface area contributed by atoms with Gasteiger partial charge in [-0.1, -0.05) is 55.1 Å². The molecule has 0 radical (unpaired) electrons. The minimum absolute atomic E-state index is 0.0201. The Hall–Kier alpha value is -2.66. The maximum absolute atomic E-state index is 10.4. The number of carboxylic acids is 2. The van der Waals surface area contributed by atoms with Crippen molar-refractivity contribution in [3.63, 3.8) is 0 Å². The van der Waals surface area contributed by atoms with Crippen LogP contribution >= 0.6 is 0 Å². The molecule has 0 atom stereocenters. The number of hydrogen-bond donors (Lipinski definition) is 3. The van der Waals surface area contributed by atoms with E-state index in [0.29, 0.717) is 18.4 Å². The second kappa shape index (κ2) is 11.9. The molecule has 0 heterocycles. The van der Waals surface area contributed by atoms with Crippen LogP contribution in [0.2, 0.25) is 0 Å². The van der Waals surface area contributed by atoms with Crippen LogP contribution in [-0.4, -0.2) is 33.9 Å². The first-order chi connectivity index (χ1) is 10.9. The third kappa shape index (κ3) is 10.7. The summed E-state index contributed by atoms with van der Waals surface area (Å²) in [7, 11) is 0. The smallest absolute Gasteiger partial charge is 0.331 e. The van der Waals surface area contributed by atoms with E-state index in [1.54, 1.807) is 19.1 Å². The fourth-order valence-electron chi connectivity index (χ4n) is 1.34. The molecule has 0 aromatic heterocycles. The molecule has 0 unspecified atom stereocenters. The Bertz CT molecular complexity index is 570. The molecule has 5 heteroatoms. The minimum Gasteiger partial charge on any atom is -0.478 e. The topological polar surface area (TPSA) is 94.8 Å². The molecule has 0 aliphatic carbocycles. The van der Waals surface area contributed by atoms with Crippen LogP contribution in [0.4, 0.5) is 0 Å². The van der Waals surface area contributed by atoms with E-state index in [-0.39, 0.29) is 12.2 Å². The number of aliphatic carboxylic acids is 2. The van der Waals surface area contributed by atoms with Crippen molar-refractivity contribution in [2.24, 2.45) is 0 Å². The molecule has 0 spiro atoms. The molecule has 5 nitrogen and oxygen atoms in total. The number of aliphatic hydroxyl groups excluding tert-OH is 1. The highest BCUT2D eigenvalue weighted by atomic mass is 16.4. The Labute approximate surface area is 135 Å². The van der Waals surface area contributed by atoms with E-state index in [2.05, 4.69) is 6.58 Å². The van der Waals surface area contributed by atoms with Gasteiger partial charge in [0.1, 0.15) is 0 Å². The van der Waals surface area contributed by atoms with Crippen molar-refractivity contribution in [1.29, 1.82) is 0 Å². The highest BCUT2D eigenvalue weighted by molar-refractivity contribution is 5.86. The Morgan fingerprint density at radius 2 is 1.74 bits per heavy atom. The Morgan fingerprint density at radius 1 is 1.13 bits per heavy atom. The fraction of sp³-hybridized carbons (Fsp3) is 0.222. The van der Waals surface area contributed by atoms with Crippen LogP contribution in [0, 0.1) is 0 Å². The second-order valence-electron chi connectivity index (χ2n) is 4.66. The molecule has 0 bridgehead atoms. The molecule has 0 aliphatic rings. The molecule has 1 rings (SSSR count). The van der Waals surface area contributed by atoms with Crippen molar-refractivity contribution in [3.8, 4) is 0 Å². The van der Waals surface area contributed by atoms with Gasteiger partial charge in [-0.2, -0.15) is 0 Å². The third-order valence-electron chi connectivity index (χ3n) is 2.71. The lowest BCUT2D eigenvalue weighted by atomic mass is 10.2. The third-order valence-corrected chi connectivity index (χ3v) is 2.71. The van der Waals surface area contributed by atoms with E-state index in [0.717, 1.165) is 5.56 Å². The van der Waals surface area contributed by atoms with Gasteiger partial charge in [0, 0.05) is 17.8 Å². The van der Waals surface area contributed by atoms with E-state index < -0.39 is 11.9 Å². The Balaban J connectivity index is 0.000000468. The number of allylic oxidation sites excluding steroid dienone is 2. The highest BCUT2D eigenvalue weighted by Crippen LogP contribution is 2.02. The van der Waals surface area contributed by atoms with E-state index in [4.69, 9.17) is 15.3 Å². The number of carbonyl (C=O) groups is 2. The average molecular weight is 318 g/mol. The SMILES string of the molecule is C=C(CCCO)C(=O)O.CC(=CC=Cc1ccccc1)C(=O)O. The standard InChI is InChI=1S/C12H12O2.C6H10O3/c1-10(12(13)14)6-5-9-11-7-3-2-4-8-11;1-5(6(8)9)3-2-4-7/h2-9H,1H3,(H,13,14);7H,1-4H2,(H,8,9). The molecule has 3 N–H and O–H groups in total. The van der Waals surface area contributed by atoms with Crippen LogP contribution in [0.1, 0.15) is 25.3 Å². The molecule has 1 aromatic rings. The van der Waals surface area contributed by atoms with E-state index >= 15 is 0 Å². The van der Waals surface area contributed by atoms with Gasteiger partial charge in [0.2, 0.25) is 0 Å². The number of aliphatic hydroxyl groups is 1. The maximum Gasteiger partial charge on any atom is 0.331 e. The molecule has 23 heavy (non-hydrogen) atoms. The lowest BCUT2D eigenvalue weighted by Gasteiger charge is -1.94. The predicted octanol–water partition coefficient (Wildman–Crippen LogP) is 3.13. The van der Waals surface area contributed by atoms with Gasteiger partial charge in [-0.3, -0.25) is 0 Å². The highest BCUT2D eigenvalue weighted by Gasteiger charge is 2.01. The van der Waals surface area contributed by atoms with Gasteiger partial charge >= 0.3 is 11.9 Å². The number of hydrogen-bond acceptors (Lipinski definition) is 3. The van der Waals surface area contributed by atoms with Crippen LogP contribution in [0.15, 0.2) is 60.2 Å². The second-order valence-corrected chi connectivity index (χ2v) is 4.66. The largest absolute Gasteiger partial charge is 0.478 e. The Kier molecular flexibility index (Phi) is 10.6. The van der Waals surface area contributed by atoms with E-state index in [9.17, 15) is 9.59 Å². The van der Waals surface area contributed by atoms with Crippen LogP contribution in [0.5, 0.6) is 0 Å². The quantitative estimate of drug-likeness (QED) is 0.530. The summed E-state index contributed by atoms with van der Waals surface area (Å²) in [4.78, 5) is 20.5. The summed E-state index contributed by atoms with van der Waals surface area (Å²) in [5, 5.41) is 25.1. The van der Waals surface area contributed by atoms with Crippen molar-refractivity contribution in [1.82, 2.24) is 0 Å². The first kappa shape index (κ1) is 20.3. The zero-order valence-electron chi connectivity index (χ0n) is 13.1. The molecule has 0 saturated carbocycles. The zero-order valence-corrected chi connectivity index (χ0v) is 13.1. The molecular weight excluding hydrogens is 296 g/mol. The molecule has 0 saturated heterocycles. The van der Waals surface area contributed by atoms with Crippen molar-refractivity contribution in [3.05, 3.63) is 65.8 Å². The molecule has 1 aromatic carbocycles.